The third kappa shape index (κ3) is 3.61. The van der Waals surface area contributed by atoms with Gasteiger partial charge in [-0.15, -0.1) is 0 Å². The molecule has 0 bridgehead atoms. The molecule has 0 aliphatic heterocycles. The molecule has 0 aromatic carbocycles. The molecule has 2 N–H and O–H groups in total. The molecule has 0 saturated heterocycles. The third-order valence-corrected chi connectivity index (χ3v) is 2.77. The molecule has 0 radical (unpaired) electrons. The van der Waals surface area contributed by atoms with Crippen LogP contribution in [0.4, 0.5) is 0 Å². The number of aromatic nitrogens is 4. The molecule has 2 aromatic heterocycles. The Labute approximate surface area is 112 Å². The minimum atomic E-state index is 0.117. The second-order valence-corrected chi connectivity index (χ2v) is 4.45. The maximum Gasteiger partial charge on any atom is 0.102 e. The Kier molecular flexibility index (Phi) is 4.22. The minimum absolute atomic E-state index is 0.117. The van der Waals surface area contributed by atoms with Crippen LogP contribution in [0.25, 0.3) is 0 Å². The molecule has 6 nitrogen and oxygen atoms in total. The zero-order valence-corrected chi connectivity index (χ0v) is 11.4. The Morgan fingerprint density at radius 2 is 1.68 bits per heavy atom. The van der Waals surface area contributed by atoms with Crippen LogP contribution in [0.15, 0.2) is 22.6 Å². The van der Waals surface area contributed by atoms with E-state index in [0.29, 0.717) is 6.54 Å². The van der Waals surface area contributed by atoms with Crippen molar-refractivity contribution in [2.75, 3.05) is 6.54 Å². The van der Waals surface area contributed by atoms with Gasteiger partial charge in [0.05, 0.1) is 25.2 Å². The van der Waals surface area contributed by atoms with E-state index in [2.05, 4.69) is 29.9 Å². The highest BCUT2D eigenvalue weighted by Gasteiger charge is 2.00. The molecule has 0 aliphatic carbocycles. The van der Waals surface area contributed by atoms with Crippen molar-refractivity contribution < 1.29 is 0 Å². The molecule has 0 fully saturated rings. The molecular weight excluding hydrogens is 240 g/mol. The Hall–Kier alpha value is -2.24. The van der Waals surface area contributed by atoms with Crippen molar-refractivity contribution in [1.82, 2.24) is 19.9 Å². The average Bonchev–Trinajstić information content (AvgIpc) is 2.97. The Morgan fingerprint density at radius 1 is 1.11 bits per heavy atom. The van der Waals surface area contributed by atoms with Gasteiger partial charge >= 0.3 is 0 Å². The van der Waals surface area contributed by atoms with Gasteiger partial charge in [0.2, 0.25) is 0 Å². The van der Waals surface area contributed by atoms with Crippen LogP contribution in [0.1, 0.15) is 29.7 Å². The van der Waals surface area contributed by atoms with Crippen LogP contribution < -0.4 is 0 Å². The number of imidazole rings is 2. The van der Waals surface area contributed by atoms with Gasteiger partial charge in [0, 0.05) is 23.8 Å². The monoisotopic (exact) mass is 258 g/mol. The Bertz CT molecular complexity index is 577. The number of aromatic amines is 2. The van der Waals surface area contributed by atoms with Gasteiger partial charge in [0.15, 0.2) is 0 Å². The fourth-order valence-corrected chi connectivity index (χ4v) is 1.54. The highest BCUT2D eigenvalue weighted by atomic mass is 14.9. The van der Waals surface area contributed by atoms with Gasteiger partial charge in [0.25, 0.3) is 0 Å². The summed E-state index contributed by atoms with van der Waals surface area (Å²) in [7, 11) is 0. The van der Waals surface area contributed by atoms with E-state index in [-0.39, 0.29) is 6.04 Å². The predicted molar refractivity (Wildman–Crippen MR) is 76.2 cm³/mol. The van der Waals surface area contributed by atoms with Gasteiger partial charge in [-0.2, -0.15) is 0 Å². The molecule has 6 heteroatoms. The first-order valence-corrected chi connectivity index (χ1v) is 6.19. The second-order valence-electron chi connectivity index (χ2n) is 4.45. The molecule has 2 rings (SSSR count). The van der Waals surface area contributed by atoms with E-state index < -0.39 is 0 Å². The highest BCUT2D eigenvalue weighted by Crippen LogP contribution is 1.99. The van der Waals surface area contributed by atoms with E-state index in [1.807, 2.05) is 20.8 Å². The molecule has 19 heavy (non-hydrogen) atoms. The summed E-state index contributed by atoms with van der Waals surface area (Å²) in [5.74, 6) is 0. The zero-order valence-electron chi connectivity index (χ0n) is 11.4. The quantitative estimate of drug-likeness (QED) is 0.800. The third-order valence-electron chi connectivity index (χ3n) is 2.77. The predicted octanol–water partition coefficient (Wildman–Crippen LogP) is 1.68. The molecule has 2 heterocycles. The number of hydrogen-bond donors (Lipinski definition) is 2. The summed E-state index contributed by atoms with van der Waals surface area (Å²) in [6.07, 6.45) is 6.89. The van der Waals surface area contributed by atoms with Gasteiger partial charge in [-0.25, -0.2) is 9.97 Å². The lowest BCUT2D eigenvalue weighted by Gasteiger charge is -2.00. The Morgan fingerprint density at radius 3 is 2.21 bits per heavy atom. The van der Waals surface area contributed by atoms with Crippen LogP contribution in [0.5, 0.6) is 0 Å². The number of hydrogen-bond acceptors (Lipinski definition) is 4. The molecule has 0 amide bonds. The maximum atomic E-state index is 4.42. The lowest BCUT2D eigenvalue weighted by atomic mass is 10.3. The molecule has 1 atom stereocenters. The summed E-state index contributed by atoms with van der Waals surface area (Å²) in [4.78, 5) is 23.1. The number of nitrogens with zero attached hydrogens (tertiary/aromatic N) is 4. The van der Waals surface area contributed by atoms with Crippen LogP contribution in [-0.4, -0.2) is 45.0 Å². The lowest BCUT2D eigenvalue weighted by molar-refractivity contribution is 0.761. The number of aryl methyl sites for hydroxylation is 2. The van der Waals surface area contributed by atoms with Crippen LogP contribution in [0, 0.1) is 13.8 Å². The van der Waals surface area contributed by atoms with E-state index in [0.717, 1.165) is 22.8 Å². The van der Waals surface area contributed by atoms with Crippen LogP contribution in [0.2, 0.25) is 0 Å². The van der Waals surface area contributed by atoms with Gasteiger partial charge in [-0.3, -0.25) is 9.98 Å². The van der Waals surface area contributed by atoms with E-state index in [9.17, 15) is 0 Å². The van der Waals surface area contributed by atoms with Crippen molar-refractivity contribution in [3.8, 4) is 0 Å². The zero-order chi connectivity index (χ0) is 13.7. The SMILES string of the molecule is Cc1[nH]cnc1C=NCC(C)N=Cc1nc[nH]c1C. The summed E-state index contributed by atoms with van der Waals surface area (Å²) in [6, 6.07) is 0.117. The largest absolute Gasteiger partial charge is 0.348 e. The molecular formula is C13H18N6. The number of rotatable bonds is 5. The van der Waals surface area contributed by atoms with Crippen LogP contribution >= 0.6 is 0 Å². The fraction of sp³-hybridized carbons (Fsp3) is 0.385. The minimum Gasteiger partial charge on any atom is -0.348 e. The van der Waals surface area contributed by atoms with Gasteiger partial charge in [-0.05, 0) is 20.8 Å². The Balaban J connectivity index is 1.87. The summed E-state index contributed by atoms with van der Waals surface area (Å²) in [5, 5.41) is 0. The van der Waals surface area contributed by atoms with E-state index >= 15 is 0 Å². The van der Waals surface area contributed by atoms with Crippen LogP contribution in [-0.2, 0) is 0 Å². The van der Waals surface area contributed by atoms with Crippen molar-refractivity contribution >= 4 is 12.4 Å². The molecule has 0 spiro atoms. The van der Waals surface area contributed by atoms with Crippen molar-refractivity contribution in [2.24, 2.45) is 9.98 Å². The first kappa shape index (κ1) is 13.2. The molecule has 0 saturated carbocycles. The van der Waals surface area contributed by atoms with Gasteiger partial charge in [0.1, 0.15) is 11.4 Å². The molecule has 2 aromatic rings. The molecule has 0 aliphatic rings. The second kappa shape index (κ2) is 6.08. The normalized spacial score (nSPS) is 13.6. The maximum absolute atomic E-state index is 4.42. The van der Waals surface area contributed by atoms with Crippen molar-refractivity contribution in [1.29, 1.82) is 0 Å². The van der Waals surface area contributed by atoms with Crippen molar-refractivity contribution in [3.63, 3.8) is 0 Å². The van der Waals surface area contributed by atoms with Crippen molar-refractivity contribution in [2.45, 2.75) is 26.8 Å². The number of H-pyrrole nitrogens is 2. The average molecular weight is 258 g/mol. The number of aliphatic imine (C=N–C) groups is 2. The topological polar surface area (TPSA) is 82.1 Å². The van der Waals surface area contributed by atoms with Crippen molar-refractivity contribution in [3.05, 3.63) is 35.4 Å². The first-order valence-electron chi connectivity index (χ1n) is 6.19. The summed E-state index contributed by atoms with van der Waals surface area (Å²) in [6.45, 7) is 6.59. The number of nitrogens with one attached hydrogen (secondary N) is 2. The van der Waals surface area contributed by atoms with E-state index in [1.165, 1.54) is 0 Å². The summed E-state index contributed by atoms with van der Waals surface area (Å²) in [5.41, 5.74) is 3.79. The summed E-state index contributed by atoms with van der Waals surface area (Å²) >= 11 is 0. The van der Waals surface area contributed by atoms with E-state index in [1.54, 1.807) is 25.1 Å². The van der Waals surface area contributed by atoms with Gasteiger partial charge < -0.3 is 9.97 Å². The van der Waals surface area contributed by atoms with E-state index in [4.69, 9.17) is 0 Å². The van der Waals surface area contributed by atoms with Gasteiger partial charge in [-0.1, -0.05) is 0 Å². The lowest BCUT2D eigenvalue weighted by Crippen LogP contribution is -2.04. The van der Waals surface area contributed by atoms with Crippen LogP contribution in [0.3, 0.4) is 0 Å². The smallest absolute Gasteiger partial charge is 0.102 e. The molecule has 100 valence electrons. The standard InChI is InChI=1S/C13H18N6/c1-9(15-6-13-11(3)17-8-19-13)4-14-5-12-10(2)16-7-18-12/h5-9H,4H2,1-3H3,(H,16,18)(H,17,19). The summed E-state index contributed by atoms with van der Waals surface area (Å²) < 4.78 is 0. The first-order chi connectivity index (χ1) is 9.16. The highest BCUT2D eigenvalue weighted by molar-refractivity contribution is 5.79. The fourth-order valence-electron chi connectivity index (χ4n) is 1.54. The molecule has 1 unspecified atom stereocenters.